The van der Waals surface area contributed by atoms with E-state index >= 15 is 0 Å². The largest absolute Gasteiger partial charge is 0.261 e. The maximum Gasteiger partial charge on any atom is 0.261 e. The third-order valence-corrected chi connectivity index (χ3v) is 1.80. The van der Waals surface area contributed by atoms with Crippen molar-refractivity contribution in [2.75, 3.05) is 0 Å². The van der Waals surface area contributed by atoms with Gasteiger partial charge in [0.1, 0.15) is 0 Å². The first-order chi connectivity index (χ1) is 4.97. The van der Waals surface area contributed by atoms with Gasteiger partial charge in [-0.05, 0) is 12.5 Å². The molecule has 0 N–H and O–H groups in total. The molecule has 1 aliphatic carbocycles. The lowest BCUT2D eigenvalue weighted by molar-refractivity contribution is 0.989. The van der Waals surface area contributed by atoms with Gasteiger partial charge in [-0.2, -0.15) is 0 Å². The van der Waals surface area contributed by atoms with Crippen LogP contribution in [0.5, 0.6) is 0 Å². The van der Waals surface area contributed by atoms with Crippen LogP contribution in [-0.4, -0.2) is 6.21 Å². The fraction of sp³-hybridized carbons (Fsp3) is 0.222. The van der Waals surface area contributed by atoms with Gasteiger partial charge in [0.05, 0.1) is 11.4 Å². The molecule has 1 nitrogen and oxygen atoms in total. The van der Waals surface area contributed by atoms with Crippen molar-refractivity contribution >= 4 is 6.21 Å². The van der Waals surface area contributed by atoms with E-state index in [9.17, 15) is 0 Å². The molecule has 0 bridgehead atoms. The number of hydrogen-bond acceptors (Lipinski definition) is 1. The Labute approximate surface area is 60.5 Å². The van der Waals surface area contributed by atoms with Crippen LogP contribution >= 0.6 is 0 Å². The van der Waals surface area contributed by atoms with E-state index in [0.717, 1.165) is 12.8 Å². The maximum absolute atomic E-state index is 4.27. The van der Waals surface area contributed by atoms with Crippen LogP contribution in [0, 0.1) is 0 Å². The number of allylic oxidation sites excluding steroid dienone is 5. The van der Waals surface area contributed by atoms with Gasteiger partial charge in [-0.1, -0.05) is 12.2 Å². The molecule has 0 fully saturated rings. The van der Waals surface area contributed by atoms with E-state index in [1.807, 2.05) is 12.3 Å². The number of aliphatic imine (C=N–C) groups is 1. The van der Waals surface area contributed by atoms with Crippen LogP contribution < -0.4 is 4.99 Å². The zero-order valence-corrected chi connectivity index (χ0v) is 5.75. The Balaban J connectivity index is 2.36. The Morgan fingerprint density at radius 2 is 2.10 bits per heavy atom. The van der Waals surface area contributed by atoms with Crippen molar-refractivity contribution in [2.24, 2.45) is 0 Å². The van der Waals surface area contributed by atoms with E-state index in [-0.39, 0.29) is 0 Å². The number of nitrogens with zero attached hydrogens (tertiary/aromatic N) is 1. The Hall–Kier alpha value is -1.11. The first kappa shape index (κ1) is 5.66. The van der Waals surface area contributed by atoms with Gasteiger partial charge in [-0.25, -0.2) is 0 Å². The average molecular weight is 131 g/mol. The van der Waals surface area contributed by atoms with E-state index in [2.05, 4.69) is 23.2 Å². The highest BCUT2D eigenvalue weighted by atomic mass is 14.7. The Kier molecular flexibility index (Phi) is 1.28. The molecule has 49 valence electrons. The number of hydrogen-bond donors (Lipinski definition) is 0. The highest BCUT2D eigenvalue weighted by Crippen LogP contribution is 2.19. The van der Waals surface area contributed by atoms with Gasteiger partial charge in [0, 0.05) is 11.6 Å². The third-order valence-electron chi connectivity index (χ3n) is 1.80. The van der Waals surface area contributed by atoms with Gasteiger partial charge in [-0.15, -0.1) is 0 Å². The van der Waals surface area contributed by atoms with Crippen LogP contribution in [0.1, 0.15) is 12.8 Å². The minimum Gasteiger partial charge on any atom is -0.0833 e. The summed E-state index contributed by atoms with van der Waals surface area (Å²) in [5, 5.41) is 0. The molecule has 0 aromatic heterocycles. The molecule has 0 aromatic rings. The van der Waals surface area contributed by atoms with Crippen LogP contribution in [-0.2, 0) is 0 Å². The summed E-state index contributed by atoms with van der Waals surface area (Å²) in [5.74, 6) is 0. The lowest BCUT2D eigenvalue weighted by Gasteiger charge is -2.02. The molecule has 0 amide bonds. The predicted octanol–water partition coefficient (Wildman–Crippen LogP) is 1.57. The Morgan fingerprint density at radius 3 is 3.00 bits per heavy atom. The second kappa shape index (κ2) is 2.25. The van der Waals surface area contributed by atoms with Crippen molar-refractivity contribution in [1.82, 2.24) is 4.99 Å². The molecule has 1 heteroatoms. The van der Waals surface area contributed by atoms with Crippen LogP contribution in [0.4, 0.5) is 0 Å². The van der Waals surface area contributed by atoms with Crippen LogP contribution in [0.25, 0.3) is 0 Å². The smallest absolute Gasteiger partial charge is 0.0833 e. The van der Waals surface area contributed by atoms with E-state index < -0.39 is 0 Å². The van der Waals surface area contributed by atoms with Crippen LogP contribution in [0.2, 0.25) is 0 Å². The molecule has 2 aliphatic rings. The van der Waals surface area contributed by atoms with Gasteiger partial charge >= 0.3 is 0 Å². The van der Waals surface area contributed by atoms with Crippen molar-refractivity contribution in [3.05, 3.63) is 35.6 Å². The third kappa shape index (κ3) is 0.838. The van der Waals surface area contributed by atoms with E-state index in [4.69, 9.17) is 0 Å². The zero-order chi connectivity index (χ0) is 6.81. The summed E-state index contributed by atoms with van der Waals surface area (Å²) in [4.78, 5) is 4.27. The van der Waals surface area contributed by atoms with Crippen molar-refractivity contribution in [3.8, 4) is 0 Å². The zero-order valence-electron chi connectivity index (χ0n) is 5.75. The lowest BCUT2D eigenvalue weighted by atomic mass is 10.0. The minimum atomic E-state index is 1.01. The fourth-order valence-corrected chi connectivity index (χ4v) is 1.25. The lowest BCUT2D eigenvalue weighted by Crippen LogP contribution is -2.03. The van der Waals surface area contributed by atoms with Crippen molar-refractivity contribution < 1.29 is 0 Å². The van der Waals surface area contributed by atoms with Gasteiger partial charge < -0.3 is 0 Å². The summed E-state index contributed by atoms with van der Waals surface area (Å²) < 4.78 is 0. The molecule has 0 aromatic carbocycles. The van der Waals surface area contributed by atoms with Crippen molar-refractivity contribution in [1.29, 1.82) is 0 Å². The standard InChI is InChI=1S/C9H9N/c1-2-6-9-8(4-1)5-3-7-10-9/h1-3,5,7H,4,6H2/q+1. The van der Waals surface area contributed by atoms with Gasteiger partial charge in [0.25, 0.3) is 5.70 Å². The summed E-state index contributed by atoms with van der Waals surface area (Å²) >= 11 is 0. The first-order valence-electron chi connectivity index (χ1n) is 3.54. The summed E-state index contributed by atoms with van der Waals surface area (Å²) in [6.07, 6.45) is 12.4. The molecular weight excluding hydrogens is 122 g/mol. The molecule has 1 radical (unpaired) electrons. The van der Waals surface area contributed by atoms with Crippen molar-refractivity contribution in [2.45, 2.75) is 12.8 Å². The first-order valence-corrected chi connectivity index (χ1v) is 3.54. The topological polar surface area (TPSA) is 14.1 Å². The normalized spacial score (nSPS) is 21.6. The van der Waals surface area contributed by atoms with E-state index in [1.165, 1.54) is 11.3 Å². The maximum atomic E-state index is 4.27. The molecule has 1 heterocycles. The molecule has 0 atom stereocenters. The van der Waals surface area contributed by atoms with E-state index in [0.29, 0.717) is 0 Å². The second-order valence-corrected chi connectivity index (χ2v) is 2.49. The quantitative estimate of drug-likeness (QED) is 0.443. The highest BCUT2D eigenvalue weighted by molar-refractivity contribution is 5.74. The number of rotatable bonds is 0. The average Bonchev–Trinajstić information content (AvgIpc) is 2.05. The monoisotopic (exact) mass is 131 g/mol. The summed E-state index contributed by atoms with van der Waals surface area (Å²) in [6, 6.07) is 0. The molecule has 2 rings (SSSR count). The van der Waals surface area contributed by atoms with Gasteiger partial charge in [-0.3, -0.25) is 0 Å². The predicted molar refractivity (Wildman–Crippen MR) is 42.7 cm³/mol. The van der Waals surface area contributed by atoms with Crippen LogP contribution in [0.3, 0.4) is 0 Å². The van der Waals surface area contributed by atoms with Crippen LogP contribution in [0.15, 0.2) is 35.6 Å². The molecule has 0 saturated heterocycles. The van der Waals surface area contributed by atoms with Gasteiger partial charge in [0.2, 0.25) is 6.21 Å². The van der Waals surface area contributed by atoms with E-state index in [1.54, 1.807) is 0 Å². The summed E-state index contributed by atoms with van der Waals surface area (Å²) in [7, 11) is 0. The molecule has 0 spiro atoms. The van der Waals surface area contributed by atoms with Gasteiger partial charge in [0.15, 0.2) is 0 Å². The molecular formula is C9H9N+. The Morgan fingerprint density at radius 1 is 1.20 bits per heavy atom. The minimum absolute atomic E-state index is 1.01. The second-order valence-electron chi connectivity index (χ2n) is 2.49. The highest BCUT2D eigenvalue weighted by Gasteiger charge is 2.16. The molecule has 1 aliphatic heterocycles. The fourth-order valence-electron chi connectivity index (χ4n) is 1.25. The summed E-state index contributed by atoms with van der Waals surface area (Å²) in [5.41, 5.74) is 2.62. The Bertz CT molecular complexity index is 228. The molecule has 0 unspecified atom stereocenters. The molecule has 10 heavy (non-hydrogen) atoms. The summed E-state index contributed by atoms with van der Waals surface area (Å²) in [6.45, 7) is 0. The molecule has 0 saturated carbocycles. The van der Waals surface area contributed by atoms with Crippen molar-refractivity contribution in [3.63, 3.8) is 0 Å². The SMILES string of the molecule is C1=CC2=C(CC=CC2)[N+]=C1.